The van der Waals surface area contributed by atoms with Gasteiger partial charge in [0.25, 0.3) is 0 Å². The highest BCUT2D eigenvalue weighted by atomic mass is 32.2. The molecule has 8 N–H and O–H groups in total. The lowest BCUT2D eigenvalue weighted by Crippen LogP contribution is -2.38. The smallest absolute Gasteiger partial charge is 0.472 e. The maximum Gasteiger partial charge on any atom is 0.472 e. The fourth-order valence-electron chi connectivity index (χ4n) is 5.56. The molecule has 17 heteroatoms. The van der Waals surface area contributed by atoms with Gasteiger partial charge < -0.3 is 41.2 Å². The molecule has 0 radical (unpaired) electrons. The van der Waals surface area contributed by atoms with Gasteiger partial charge in [0, 0.05) is 23.8 Å². The number of phosphoric acid groups is 1. The highest BCUT2D eigenvalue weighted by Gasteiger charge is 2.29. The summed E-state index contributed by atoms with van der Waals surface area (Å²) in [5.41, 5.74) is 11.5. The molecular weight excluding hydrogens is 840 g/mol. The number of esters is 2. The summed E-state index contributed by atoms with van der Waals surface area (Å²) in [6, 6.07) is -2.79. The van der Waals surface area contributed by atoms with Gasteiger partial charge in [-0.2, -0.15) is 0 Å². The molecule has 356 valence electrons. The Labute approximate surface area is 374 Å². The molecule has 0 aromatic heterocycles. The number of aliphatic carboxylic acids is 2. The number of hydrogen-bond acceptors (Lipinski definition) is 13. The Balaban J connectivity index is 5.30. The molecule has 62 heavy (non-hydrogen) atoms. The maximum absolute atomic E-state index is 13.0. The van der Waals surface area contributed by atoms with Crippen LogP contribution in [-0.2, 0) is 42.3 Å². The number of thioether (sulfide) groups is 1. The Morgan fingerprint density at radius 2 is 1.26 bits per heavy atom. The Kier molecular flexibility index (Phi) is 37.5. The summed E-state index contributed by atoms with van der Waals surface area (Å²) in [5.74, 6) is -3.97. The van der Waals surface area contributed by atoms with Crippen molar-refractivity contribution < 1.29 is 62.5 Å². The van der Waals surface area contributed by atoms with Crippen molar-refractivity contribution >= 4 is 43.5 Å². The van der Waals surface area contributed by atoms with Gasteiger partial charge in [0.15, 0.2) is 6.10 Å². The van der Waals surface area contributed by atoms with E-state index in [0.29, 0.717) is 6.42 Å². The van der Waals surface area contributed by atoms with Crippen molar-refractivity contribution in [3.05, 3.63) is 60.8 Å². The normalized spacial score (nSPS) is 15.6. The van der Waals surface area contributed by atoms with E-state index in [2.05, 4.69) is 42.7 Å². The molecule has 0 aliphatic carbocycles. The van der Waals surface area contributed by atoms with Crippen molar-refractivity contribution in [3.63, 3.8) is 0 Å². The zero-order chi connectivity index (χ0) is 46.3. The second-order valence-corrected chi connectivity index (χ2v) is 17.7. The maximum atomic E-state index is 13.0. The SMILES string of the molecule is CCCCC/C=C\C\C=C/C=C/C=C/[C@@H](SC[C@H](N)C(=O)OC[C@H](COP(=O)(O)OC[C@H](N)C(=O)O)OC(=O)CCCCCCC/C=C\CCCCCC)[C@@H](O)CCCC(=O)O. The number of carbonyl (C=O) groups excluding carboxylic acids is 2. The molecule has 0 aliphatic heterocycles. The van der Waals surface area contributed by atoms with Crippen LogP contribution in [0.25, 0.3) is 0 Å². The van der Waals surface area contributed by atoms with Gasteiger partial charge in [-0.3, -0.25) is 28.2 Å². The van der Waals surface area contributed by atoms with E-state index in [1.54, 1.807) is 18.2 Å². The average molecular weight is 917 g/mol. The number of nitrogens with two attached hydrogens (primary N) is 2. The van der Waals surface area contributed by atoms with E-state index in [4.69, 9.17) is 35.7 Å². The van der Waals surface area contributed by atoms with E-state index in [-0.39, 0.29) is 31.4 Å². The predicted octanol–water partition coefficient (Wildman–Crippen LogP) is 8.48. The Bertz CT molecular complexity index is 1410. The first kappa shape index (κ1) is 58.9. The van der Waals surface area contributed by atoms with Gasteiger partial charge in [0.1, 0.15) is 18.7 Å². The largest absolute Gasteiger partial charge is 0.481 e. The first-order valence-corrected chi connectivity index (χ1v) is 24.8. The van der Waals surface area contributed by atoms with Crippen LogP contribution in [0, 0.1) is 0 Å². The van der Waals surface area contributed by atoms with Gasteiger partial charge in [-0.15, -0.1) is 11.8 Å². The summed E-state index contributed by atoms with van der Waals surface area (Å²) in [4.78, 5) is 57.8. The third kappa shape index (κ3) is 36.4. The standard InChI is InChI=1S/C45H77N2O13PS/c1-3-5-7-9-11-13-15-17-19-21-23-25-27-32-43(51)60-37(34-58-61(55,56)59-35-38(46)44(52)53)33-57-45(54)39(47)36-62-41(40(48)29-28-31-42(49)50)30-26-24-22-20-18-16-14-12-10-8-6-4-2/h12-15,18,20,22,24,26,30,37-41,48H,3-11,16-17,19,21,23,25,27-29,31-36,46-47H2,1-2H3,(H,49,50)(H,52,53)(H,55,56)/b14-12-,15-13-,20-18-,24-22+,30-26+/t37-,38+,39+,40+,41-/m1/s1. The van der Waals surface area contributed by atoms with Crippen molar-refractivity contribution in [3.8, 4) is 0 Å². The van der Waals surface area contributed by atoms with Crippen LogP contribution in [-0.4, -0.2) is 99.2 Å². The number of ether oxygens (including phenoxy) is 2. The summed E-state index contributed by atoms with van der Waals surface area (Å²) in [7, 11) is -4.85. The Hall–Kier alpha value is -3.08. The van der Waals surface area contributed by atoms with Crippen molar-refractivity contribution in [2.45, 2.75) is 172 Å². The van der Waals surface area contributed by atoms with E-state index in [0.717, 1.165) is 51.4 Å². The van der Waals surface area contributed by atoms with Gasteiger partial charge >= 0.3 is 31.7 Å². The van der Waals surface area contributed by atoms with Crippen molar-refractivity contribution in [2.75, 3.05) is 25.6 Å². The minimum atomic E-state index is -4.85. The van der Waals surface area contributed by atoms with Crippen LogP contribution in [0.4, 0.5) is 0 Å². The second kappa shape index (κ2) is 39.5. The number of hydrogen-bond donors (Lipinski definition) is 6. The highest BCUT2D eigenvalue weighted by molar-refractivity contribution is 8.00. The molecule has 0 heterocycles. The summed E-state index contributed by atoms with van der Waals surface area (Å²) < 4.78 is 32.8. The minimum absolute atomic E-state index is 0.00214. The molecule has 0 spiro atoms. The molecule has 0 saturated heterocycles. The van der Waals surface area contributed by atoms with Crippen molar-refractivity contribution in [2.24, 2.45) is 11.5 Å². The van der Waals surface area contributed by atoms with Crippen LogP contribution >= 0.6 is 19.6 Å². The number of unbranched alkanes of at least 4 members (excludes halogenated alkanes) is 12. The topological polar surface area (TPSA) is 255 Å². The van der Waals surface area contributed by atoms with Gasteiger partial charge in [-0.05, 0) is 64.2 Å². The highest BCUT2D eigenvalue weighted by Crippen LogP contribution is 2.43. The minimum Gasteiger partial charge on any atom is -0.481 e. The number of carbonyl (C=O) groups is 4. The molecule has 0 aromatic carbocycles. The zero-order valence-electron chi connectivity index (χ0n) is 37.1. The van der Waals surface area contributed by atoms with E-state index in [1.807, 2.05) is 18.2 Å². The lowest BCUT2D eigenvalue weighted by atomic mass is 10.1. The average Bonchev–Trinajstić information content (AvgIpc) is 3.23. The Morgan fingerprint density at radius 1 is 0.677 bits per heavy atom. The quantitative estimate of drug-likeness (QED) is 0.0110. The molecule has 1 unspecified atom stereocenters. The van der Waals surface area contributed by atoms with Crippen LogP contribution < -0.4 is 11.5 Å². The lowest BCUT2D eigenvalue weighted by molar-refractivity contribution is -0.161. The summed E-state index contributed by atoms with van der Waals surface area (Å²) in [5, 5.41) is 28.3. The van der Waals surface area contributed by atoms with E-state index in [1.165, 1.54) is 56.7 Å². The first-order valence-electron chi connectivity index (χ1n) is 22.3. The monoisotopic (exact) mass is 916 g/mol. The number of rotatable bonds is 41. The van der Waals surface area contributed by atoms with Crippen LogP contribution in [0.5, 0.6) is 0 Å². The van der Waals surface area contributed by atoms with Crippen LogP contribution in [0.15, 0.2) is 60.8 Å². The molecule has 0 amide bonds. The van der Waals surface area contributed by atoms with Gasteiger partial charge in [0.2, 0.25) is 0 Å². The fraction of sp³-hybridized carbons (Fsp3) is 0.689. The molecule has 0 rings (SSSR count). The number of carboxylic acids is 2. The number of phosphoric ester groups is 1. The van der Waals surface area contributed by atoms with Gasteiger partial charge in [-0.25, -0.2) is 4.57 Å². The molecule has 0 fully saturated rings. The Morgan fingerprint density at radius 3 is 1.92 bits per heavy atom. The molecule has 0 bridgehead atoms. The predicted molar refractivity (Wildman–Crippen MR) is 245 cm³/mol. The molecule has 15 nitrogen and oxygen atoms in total. The third-order valence-electron chi connectivity index (χ3n) is 9.23. The number of carboxylic acid groups (broad SMARTS) is 2. The second-order valence-electron chi connectivity index (χ2n) is 15.0. The third-order valence-corrected chi connectivity index (χ3v) is 11.6. The van der Waals surface area contributed by atoms with Crippen molar-refractivity contribution in [1.29, 1.82) is 0 Å². The summed E-state index contributed by atoms with van der Waals surface area (Å²) >= 11 is 1.18. The summed E-state index contributed by atoms with van der Waals surface area (Å²) in [6.07, 6.45) is 34.8. The molecule has 0 aliphatic rings. The van der Waals surface area contributed by atoms with Gasteiger partial charge in [0.05, 0.1) is 19.3 Å². The molecule has 0 saturated carbocycles. The molecule has 0 aromatic rings. The fourth-order valence-corrected chi connectivity index (χ4v) is 7.46. The number of aliphatic hydroxyl groups excluding tert-OH is 1. The van der Waals surface area contributed by atoms with Crippen LogP contribution in [0.2, 0.25) is 0 Å². The van der Waals surface area contributed by atoms with Crippen LogP contribution in [0.1, 0.15) is 142 Å². The van der Waals surface area contributed by atoms with Gasteiger partial charge in [-0.1, -0.05) is 126 Å². The van der Waals surface area contributed by atoms with Crippen LogP contribution in [0.3, 0.4) is 0 Å². The van der Waals surface area contributed by atoms with E-state index in [9.17, 15) is 33.7 Å². The van der Waals surface area contributed by atoms with E-state index >= 15 is 0 Å². The van der Waals surface area contributed by atoms with E-state index < -0.39 is 81.1 Å². The number of aliphatic hydroxyl groups is 1. The first-order chi connectivity index (χ1) is 29.7. The lowest BCUT2D eigenvalue weighted by Gasteiger charge is -2.22. The number of allylic oxidation sites excluding steroid dienone is 9. The van der Waals surface area contributed by atoms with Crippen molar-refractivity contribution in [1.82, 2.24) is 0 Å². The zero-order valence-corrected chi connectivity index (χ0v) is 38.8. The molecule has 6 atom stereocenters. The summed E-state index contributed by atoms with van der Waals surface area (Å²) in [6.45, 7) is 2.21. The molecular formula is C45H77N2O13PS.